The highest BCUT2D eigenvalue weighted by molar-refractivity contribution is 8.26. The summed E-state index contributed by atoms with van der Waals surface area (Å²) in [6, 6.07) is 13.9. The van der Waals surface area contributed by atoms with Gasteiger partial charge in [-0.2, -0.15) is 15.1 Å². The van der Waals surface area contributed by atoms with E-state index in [1.54, 1.807) is 6.08 Å². The Bertz CT molecular complexity index is 1000. The highest BCUT2D eigenvalue weighted by atomic mass is 32.2. The third kappa shape index (κ3) is 2.97. The Labute approximate surface area is 156 Å². The van der Waals surface area contributed by atoms with Crippen molar-refractivity contribution in [2.45, 2.75) is 26.2 Å². The van der Waals surface area contributed by atoms with Gasteiger partial charge in [-0.3, -0.25) is 10.2 Å². The van der Waals surface area contributed by atoms with E-state index in [9.17, 15) is 4.79 Å². The summed E-state index contributed by atoms with van der Waals surface area (Å²) in [7, 11) is 0. The van der Waals surface area contributed by atoms with Crippen LogP contribution in [0.1, 0.15) is 31.7 Å². The van der Waals surface area contributed by atoms with Gasteiger partial charge in [0.25, 0.3) is 5.91 Å². The topological polar surface area (TPSA) is 68.9 Å². The summed E-state index contributed by atoms with van der Waals surface area (Å²) in [6.45, 7) is 2.13. The zero-order valence-electron chi connectivity index (χ0n) is 14.4. The fourth-order valence-corrected chi connectivity index (χ4v) is 3.92. The molecule has 2 heterocycles. The van der Waals surface area contributed by atoms with Gasteiger partial charge in [0.05, 0.1) is 5.57 Å². The number of carbonyl (C=O) groups excluding carboxylic acids is 1. The number of hydrogen-bond acceptors (Lipinski definition) is 4. The van der Waals surface area contributed by atoms with Crippen LogP contribution in [0.2, 0.25) is 0 Å². The molecule has 5 nitrogen and oxygen atoms in total. The molecule has 0 fully saturated rings. The number of fused-ring (bicyclic) bond motifs is 2. The van der Waals surface area contributed by atoms with Gasteiger partial charge in [-0.05, 0) is 47.0 Å². The number of thioether (sulfide) groups is 1. The number of nitrogens with one attached hydrogen (secondary N) is 1. The number of amidine groups is 2. The molecule has 0 saturated heterocycles. The minimum absolute atomic E-state index is 0.0898. The van der Waals surface area contributed by atoms with Gasteiger partial charge in [-0.1, -0.05) is 55.8 Å². The van der Waals surface area contributed by atoms with Crippen molar-refractivity contribution in [3.63, 3.8) is 0 Å². The molecule has 130 valence electrons. The van der Waals surface area contributed by atoms with Crippen molar-refractivity contribution in [2.75, 3.05) is 0 Å². The fraction of sp³-hybridized carbons (Fsp3) is 0.200. The summed E-state index contributed by atoms with van der Waals surface area (Å²) in [6.07, 6.45) is 4.71. The number of hydrogen-bond donors (Lipinski definition) is 1. The van der Waals surface area contributed by atoms with E-state index in [-0.39, 0.29) is 17.3 Å². The number of carbonyl (C=O) groups is 1. The molecule has 0 radical (unpaired) electrons. The number of aliphatic imine (C=N–C) groups is 1. The number of benzene rings is 2. The first-order chi connectivity index (χ1) is 12.7. The third-order valence-corrected chi connectivity index (χ3v) is 5.33. The lowest BCUT2D eigenvalue weighted by Gasteiger charge is -2.20. The molecule has 4 rings (SSSR count). The lowest BCUT2D eigenvalue weighted by atomic mass is 10.0. The van der Waals surface area contributed by atoms with Crippen LogP contribution >= 0.6 is 11.8 Å². The Balaban J connectivity index is 1.72. The van der Waals surface area contributed by atoms with Crippen molar-refractivity contribution in [1.82, 2.24) is 5.01 Å². The number of hydrazone groups is 1. The van der Waals surface area contributed by atoms with Gasteiger partial charge in [0.15, 0.2) is 5.84 Å². The first kappa shape index (κ1) is 16.7. The van der Waals surface area contributed by atoms with Gasteiger partial charge in [0, 0.05) is 0 Å². The minimum Gasteiger partial charge on any atom is -0.282 e. The average molecular weight is 362 g/mol. The SMILES string of the molecule is CCCCC1=NN2C(=N)C(=Cc3cccc4ccccc34)C(=O)N=C2S1. The summed E-state index contributed by atoms with van der Waals surface area (Å²) in [5.41, 5.74) is 1.17. The Morgan fingerprint density at radius 3 is 2.85 bits per heavy atom. The Morgan fingerprint density at radius 2 is 2.00 bits per heavy atom. The molecule has 2 aliphatic rings. The number of amides is 1. The Kier molecular flexibility index (Phi) is 4.42. The predicted octanol–water partition coefficient (Wildman–Crippen LogP) is 4.65. The van der Waals surface area contributed by atoms with Crippen LogP contribution in [0.3, 0.4) is 0 Å². The van der Waals surface area contributed by atoms with Gasteiger partial charge in [0.2, 0.25) is 5.17 Å². The van der Waals surface area contributed by atoms with E-state index in [4.69, 9.17) is 5.41 Å². The molecule has 1 amide bonds. The van der Waals surface area contributed by atoms with Gasteiger partial charge >= 0.3 is 0 Å². The predicted molar refractivity (Wildman–Crippen MR) is 108 cm³/mol. The molecule has 2 aromatic carbocycles. The van der Waals surface area contributed by atoms with E-state index in [0.29, 0.717) is 5.17 Å². The van der Waals surface area contributed by atoms with E-state index in [2.05, 4.69) is 17.0 Å². The van der Waals surface area contributed by atoms with Crippen molar-refractivity contribution >= 4 is 50.6 Å². The molecule has 26 heavy (non-hydrogen) atoms. The van der Waals surface area contributed by atoms with E-state index < -0.39 is 0 Å². The quantitative estimate of drug-likeness (QED) is 0.805. The smallest absolute Gasteiger partial charge is 0.282 e. The molecular weight excluding hydrogens is 344 g/mol. The van der Waals surface area contributed by atoms with Gasteiger partial charge < -0.3 is 0 Å². The van der Waals surface area contributed by atoms with Crippen LogP contribution in [0, 0.1) is 5.41 Å². The maximum Gasteiger partial charge on any atom is 0.283 e. The van der Waals surface area contributed by atoms with Crippen LogP contribution in [-0.4, -0.2) is 27.0 Å². The molecule has 6 heteroatoms. The summed E-state index contributed by atoms with van der Waals surface area (Å²) >= 11 is 1.39. The first-order valence-corrected chi connectivity index (χ1v) is 9.46. The molecule has 0 saturated carbocycles. The van der Waals surface area contributed by atoms with Crippen LogP contribution < -0.4 is 0 Å². The fourth-order valence-electron chi connectivity index (χ4n) is 2.99. The number of nitrogens with zero attached hydrogens (tertiary/aromatic N) is 3. The summed E-state index contributed by atoms with van der Waals surface area (Å²) < 4.78 is 0. The first-order valence-electron chi connectivity index (χ1n) is 8.64. The van der Waals surface area contributed by atoms with Crippen molar-refractivity contribution < 1.29 is 4.79 Å². The van der Waals surface area contributed by atoms with E-state index in [1.807, 2.05) is 42.5 Å². The monoisotopic (exact) mass is 362 g/mol. The molecule has 2 aliphatic heterocycles. The van der Waals surface area contributed by atoms with Crippen LogP contribution in [-0.2, 0) is 4.79 Å². The largest absolute Gasteiger partial charge is 0.283 e. The third-order valence-electron chi connectivity index (χ3n) is 4.36. The normalized spacial score (nSPS) is 18.3. The van der Waals surface area contributed by atoms with E-state index >= 15 is 0 Å². The second kappa shape index (κ2) is 6.88. The number of rotatable bonds is 4. The lowest BCUT2D eigenvalue weighted by Crippen LogP contribution is -2.35. The molecular formula is C20H18N4OS. The van der Waals surface area contributed by atoms with Crippen molar-refractivity contribution in [1.29, 1.82) is 5.41 Å². The molecule has 0 aliphatic carbocycles. The standard InChI is InChI=1S/C20H18N4OS/c1-2-3-11-17-23-24-18(21)16(19(25)22-20(24)26-17)12-14-9-6-8-13-7-4-5-10-15(13)14/h4-10,12,21H,2-3,11H2,1H3. The molecule has 0 bridgehead atoms. The van der Waals surface area contributed by atoms with E-state index in [0.717, 1.165) is 40.6 Å². The highest BCUT2D eigenvalue weighted by Gasteiger charge is 2.35. The van der Waals surface area contributed by atoms with Crippen molar-refractivity contribution in [3.05, 3.63) is 53.6 Å². The molecule has 0 spiro atoms. The van der Waals surface area contributed by atoms with Crippen LogP contribution in [0.5, 0.6) is 0 Å². The van der Waals surface area contributed by atoms with E-state index in [1.165, 1.54) is 16.8 Å². The zero-order chi connectivity index (χ0) is 18.1. The minimum atomic E-state index is -0.381. The Morgan fingerprint density at radius 1 is 1.19 bits per heavy atom. The van der Waals surface area contributed by atoms with Gasteiger partial charge in [0.1, 0.15) is 5.04 Å². The molecule has 0 aromatic heterocycles. The van der Waals surface area contributed by atoms with Crippen LogP contribution in [0.15, 0.2) is 58.1 Å². The van der Waals surface area contributed by atoms with Crippen LogP contribution in [0.4, 0.5) is 0 Å². The molecule has 0 atom stereocenters. The molecule has 0 unspecified atom stereocenters. The number of unbranched alkanes of at least 4 members (excludes halogenated alkanes) is 1. The summed E-state index contributed by atoms with van der Waals surface area (Å²) in [5.74, 6) is -0.291. The van der Waals surface area contributed by atoms with Crippen molar-refractivity contribution in [3.8, 4) is 0 Å². The summed E-state index contributed by atoms with van der Waals surface area (Å²) in [5, 5.41) is 18.0. The van der Waals surface area contributed by atoms with Crippen molar-refractivity contribution in [2.24, 2.45) is 10.1 Å². The molecule has 1 N–H and O–H groups in total. The summed E-state index contributed by atoms with van der Waals surface area (Å²) in [4.78, 5) is 16.7. The van der Waals surface area contributed by atoms with Gasteiger partial charge in [-0.15, -0.1) is 0 Å². The second-order valence-electron chi connectivity index (χ2n) is 6.19. The maximum atomic E-state index is 12.5. The molecule has 2 aromatic rings. The van der Waals surface area contributed by atoms with Gasteiger partial charge in [-0.25, -0.2) is 0 Å². The lowest BCUT2D eigenvalue weighted by molar-refractivity contribution is -0.114. The highest BCUT2D eigenvalue weighted by Crippen LogP contribution is 2.30. The second-order valence-corrected chi connectivity index (χ2v) is 7.23. The maximum absolute atomic E-state index is 12.5. The Hall–Kier alpha value is -2.73. The van der Waals surface area contributed by atoms with Crippen LogP contribution in [0.25, 0.3) is 16.8 Å². The zero-order valence-corrected chi connectivity index (χ0v) is 15.2. The average Bonchev–Trinajstić information content (AvgIpc) is 3.06.